The summed E-state index contributed by atoms with van der Waals surface area (Å²) in [6, 6.07) is 2.76. The van der Waals surface area contributed by atoms with Crippen LogP contribution in [-0.4, -0.2) is 36.1 Å². The van der Waals surface area contributed by atoms with Crippen molar-refractivity contribution in [1.29, 1.82) is 0 Å². The molecule has 0 bridgehead atoms. The number of nitrogens with one attached hydrogen (secondary N) is 2. The SMILES string of the molecule is CCOC(=O)Nc1cc(Cl)c(NCCO)cc1O. The smallest absolute Gasteiger partial charge is 0.411 e. The van der Waals surface area contributed by atoms with E-state index in [1.165, 1.54) is 12.1 Å². The fourth-order valence-corrected chi connectivity index (χ4v) is 1.50. The second-order valence-corrected chi connectivity index (χ2v) is 3.75. The first-order valence-corrected chi connectivity index (χ1v) is 5.77. The Kier molecular flexibility index (Phi) is 5.54. The fraction of sp³-hybridized carbons (Fsp3) is 0.364. The van der Waals surface area contributed by atoms with Gasteiger partial charge in [0.05, 0.1) is 29.6 Å². The minimum Gasteiger partial charge on any atom is -0.506 e. The normalized spacial score (nSPS) is 9.94. The molecule has 1 rings (SSSR count). The Bertz CT molecular complexity index is 426. The van der Waals surface area contributed by atoms with E-state index in [0.29, 0.717) is 17.3 Å². The van der Waals surface area contributed by atoms with Crippen molar-refractivity contribution in [2.75, 3.05) is 30.4 Å². The van der Waals surface area contributed by atoms with Crippen LogP contribution >= 0.6 is 11.6 Å². The van der Waals surface area contributed by atoms with Gasteiger partial charge in [0, 0.05) is 12.6 Å². The molecule has 0 aliphatic heterocycles. The lowest BCUT2D eigenvalue weighted by Gasteiger charge is -2.12. The van der Waals surface area contributed by atoms with Crippen LogP contribution in [0, 0.1) is 0 Å². The van der Waals surface area contributed by atoms with E-state index < -0.39 is 6.09 Å². The molecule has 0 saturated heterocycles. The molecule has 0 aromatic heterocycles. The number of aromatic hydroxyl groups is 1. The number of ether oxygens (including phenoxy) is 1. The van der Waals surface area contributed by atoms with Crippen LogP contribution in [0.15, 0.2) is 12.1 Å². The standard InChI is InChI=1S/C11H15ClN2O4/c1-2-18-11(17)14-9-5-7(12)8(6-10(9)16)13-3-4-15/h5-6,13,15-16H,2-4H2,1H3,(H,14,17). The maximum absolute atomic E-state index is 11.2. The van der Waals surface area contributed by atoms with E-state index >= 15 is 0 Å². The zero-order chi connectivity index (χ0) is 13.5. The van der Waals surface area contributed by atoms with Crippen LogP contribution < -0.4 is 10.6 Å². The van der Waals surface area contributed by atoms with Gasteiger partial charge in [0.15, 0.2) is 0 Å². The molecule has 0 aliphatic carbocycles. The van der Waals surface area contributed by atoms with E-state index in [2.05, 4.69) is 15.4 Å². The molecule has 0 saturated carbocycles. The Morgan fingerprint density at radius 1 is 1.44 bits per heavy atom. The number of anilines is 2. The summed E-state index contributed by atoms with van der Waals surface area (Å²) in [6.07, 6.45) is -0.667. The molecule has 100 valence electrons. The third-order valence-electron chi connectivity index (χ3n) is 2.02. The second-order valence-electron chi connectivity index (χ2n) is 3.35. The number of rotatable bonds is 5. The van der Waals surface area contributed by atoms with E-state index in [9.17, 15) is 9.90 Å². The number of hydrogen-bond donors (Lipinski definition) is 4. The fourth-order valence-electron chi connectivity index (χ4n) is 1.27. The summed E-state index contributed by atoms with van der Waals surface area (Å²) in [4.78, 5) is 11.2. The van der Waals surface area contributed by atoms with Gasteiger partial charge in [-0.3, -0.25) is 5.32 Å². The van der Waals surface area contributed by atoms with Gasteiger partial charge >= 0.3 is 6.09 Å². The molecule has 1 amide bonds. The summed E-state index contributed by atoms with van der Waals surface area (Å²) < 4.78 is 4.68. The Balaban J connectivity index is 2.82. The number of amides is 1. The highest BCUT2D eigenvalue weighted by molar-refractivity contribution is 6.33. The molecule has 4 N–H and O–H groups in total. The van der Waals surface area contributed by atoms with Crippen LogP contribution in [0.25, 0.3) is 0 Å². The molecule has 6 nitrogen and oxygen atoms in total. The van der Waals surface area contributed by atoms with Gasteiger partial charge in [0.1, 0.15) is 5.75 Å². The van der Waals surface area contributed by atoms with E-state index in [4.69, 9.17) is 16.7 Å². The Hall–Kier alpha value is -1.66. The maximum atomic E-state index is 11.2. The Labute approximate surface area is 110 Å². The molecule has 0 radical (unpaired) electrons. The molecule has 0 unspecified atom stereocenters. The van der Waals surface area contributed by atoms with Gasteiger partial charge in [-0.05, 0) is 13.0 Å². The van der Waals surface area contributed by atoms with Gasteiger partial charge in [0.2, 0.25) is 0 Å². The summed E-state index contributed by atoms with van der Waals surface area (Å²) in [6.45, 7) is 2.16. The third-order valence-corrected chi connectivity index (χ3v) is 2.34. The number of phenols is 1. The molecular weight excluding hydrogens is 260 g/mol. The highest BCUT2D eigenvalue weighted by Gasteiger charge is 2.10. The first-order valence-electron chi connectivity index (χ1n) is 5.39. The minimum atomic E-state index is -0.667. The molecule has 0 spiro atoms. The zero-order valence-corrected chi connectivity index (χ0v) is 10.6. The molecule has 0 aliphatic rings. The lowest BCUT2D eigenvalue weighted by Crippen LogP contribution is -2.13. The number of carbonyl (C=O) groups is 1. The Morgan fingerprint density at radius 2 is 2.17 bits per heavy atom. The van der Waals surface area contributed by atoms with Crippen molar-refractivity contribution in [3.05, 3.63) is 17.2 Å². The van der Waals surface area contributed by atoms with Crippen molar-refractivity contribution in [2.24, 2.45) is 0 Å². The number of aliphatic hydroxyl groups excluding tert-OH is 1. The van der Waals surface area contributed by atoms with Crippen LogP contribution in [0.4, 0.5) is 16.2 Å². The van der Waals surface area contributed by atoms with Gasteiger partial charge in [-0.2, -0.15) is 0 Å². The van der Waals surface area contributed by atoms with Crippen LogP contribution in [0.5, 0.6) is 5.75 Å². The maximum Gasteiger partial charge on any atom is 0.411 e. The molecule has 7 heteroatoms. The zero-order valence-electron chi connectivity index (χ0n) is 9.86. The van der Waals surface area contributed by atoms with Gasteiger partial charge in [0.25, 0.3) is 0 Å². The summed E-state index contributed by atoms with van der Waals surface area (Å²) in [5.41, 5.74) is 0.630. The van der Waals surface area contributed by atoms with E-state index in [1.54, 1.807) is 6.92 Å². The first kappa shape index (κ1) is 14.4. The summed E-state index contributed by atoms with van der Waals surface area (Å²) in [5, 5.41) is 23.9. The van der Waals surface area contributed by atoms with Crippen LogP contribution in [0.1, 0.15) is 6.92 Å². The van der Waals surface area contributed by atoms with Crippen molar-refractivity contribution in [2.45, 2.75) is 6.92 Å². The molecule has 0 fully saturated rings. The Morgan fingerprint density at radius 3 is 2.78 bits per heavy atom. The lowest BCUT2D eigenvalue weighted by atomic mass is 10.2. The summed E-state index contributed by atoms with van der Waals surface area (Å²) in [5.74, 6) is -0.145. The van der Waals surface area contributed by atoms with Crippen molar-refractivity contribution in [3.63, 3.8) is 0 Å². The first-order chi connectivity index (χ1) is 8.58. The number of benzene rings is 1. The molecule has 0 atom stereocenters. The number of hydrogen-bond acceptors (Lipinski definition) is 5. The highest BCUT2D eigenvalue weighted by atomic mass is 35.5. The van der Waals surface area contributed by atoms with Crippen molar-refractivity contribution < 1.29 is 19.7 Å². The number of carbonyl (C=O) groups excluding carboxylic acids is 1. The highest BCUT2D eigenvalue weighted by Crippen LogP contribution is 2.33. The lowest BCUT2D eigenvalue weighted by molar-refractivity contribution is 0.168. The second kappa shape index (κ2) is 6.93. The molecule has 18 heavy (non-hydrogen) atoms. The van der Waals surface area contributed by atoms with Crippen molar-refractivity contribution in [3.8, 4) is 5.75 Å². The topological polar surface area (TPSA) is 90.8 Å². The van der Waals surface area contributed by atoms with Crippen LogP contribution in [0.3, 0.4) is 0 Å². The van der Waals surface area contributed by atoms with Gasteiger partial charge in [-0.1, -0.05) is 11.6 Å². The predicted octanol–water partition coefficient (Wildman–Crippen LogP) is 2.02. The minimum absolute atomic E-state index is 0.0556. The number of phenolic OH excluding ortho intramolecular Hbond substituents is 1. The third kappa shape index (κ3) is 3.97. The van der Waals surface area contributed by atoms with Crippen molar-refractivity contribution in [1.82, 2.24) is 0 Å². The van der Waals surface area contributed by atoms with E-state index in [1.807, 2.05) is 0 Å². The average molecular weight is 275 g/mol. The van der Waals surface area contributed by atoms with Crippen LogP contribution in [0.2, 0.25) is 5.02 Å². The van der Waals surface area contributed by atoms with Gasteiger partial charge < -0.3 is 20.3 Å². The molecule has 1 aromatic carbocycles. The van der Waals surface area contributed by atoms with Crippen LogP contribution in [-0.2, 0) is 4.74 Å². The number of halogens is 1. The number of aliphatic hydroxyl groups is 1. The predicted molar refractivity (Wildman–Crippen MR) is 69.3 cm³/mol. The van der Waals surface area contributed by atoms with E-state index in [0.717, 1.165) is 0 Å². The summed E-state index contributed by atoms with van der Waals surface area (Å²) in [7, 11) is 0. The molecule has 1 aromatic rings. The van der Waals surface area contributed by atoms with Crippen molar-refractivity contribution >= 4 is 29.1 Å². The quantitative estimate of drug-likeness (QED) is 0.617. The molecule has 0 heterocycles. The average Bonchev–Trinajstić information content (AvgIpc) is 2.32. The van der Waals surface area contributed by atoms with Gasteiger partial charge in [-0.25, -0.2) is 4.79 Å². The monoisotopic (exact) mass is 274 g/mol. The van der Waals surface area contributed by atoms with E-state index in [-0.39, 0.29) is 24.7 Å². The largest absolute Gasteiger partial charge is 0.506 e. The van der Waals surface area contributed by atoms with Gasteiger partial charge in [-0.15, -0.1) is 0 Å². The molecular formula is C11H15ClN2O4. The summed E-state index contributed by atoms with van der Waals surface area (Å²) >= 11 is 5.95.